The molecule has 28 heavy (non-hydrogen) atoms. The molecular formula is C13H17N5NaO8S. The zero-order valence-electron chi connectivity index (χ0n) is 15.1. The number of carbonyl (C=O) groups excluding carboxylic acids is 2. The average molecular weight is 426 g/mol. The van der Waals surface area contributed by atoms with E-state index < -0.39 is 34.4 Å². The van der Waals surface area contributed by atoms with Gasteiger partial charge in [-0.2, -0.15) is 13.5 Å². The van der Waals surface area contributed by atoms with Crippen molar-refractivity contribution in [1.82, 2.24) is 25.1 Å². The summed E-state index contributed by atoms with van der Waals surface area (Å²) in [6.07, 6.45) is 0.812. The van der Waals surface area contributed by atoms with E-state index in [9.17, 15) is 18.0 Å². The van der Waals surface area contributed by atoms with Gasteiger partial charge in [0.15, 0.2) is 0 Å². The Morgan fingerprint density at radius 3 is 2.61 bits per heavy atom. The summed E-state index contributed by atoms with van der Waals surface area (Å²) in [6, 6.07) is -1.87. The summed E-state index contributed by atoms with van der Waals surface area (Å²) in [6.45, 7) is 1.89. The zero-order chi connectivity index (χ0) is 19.2. The van der Waals surface area contributed by atoms with Crippen molar-refractivity contribution in [3.05, 3.63) is 11.8 Å². The van der Waals surface area contributed by atoms with E-state index >= 15 is 0 Å². The van der Waals surface area contributed by atoms with Gasteiger partial charge in [0.2, 0.25) is 5.89 Å². The first kappa shape index (κ1) is 21.4. The monoisotopic (exact) mass is 426 g/mol. The summed E-state index contributed by atoms with van der Waals surface area (Å²) in [7, 11) is -4.81. The van der Waals surface area contributed by atoms with Crippen LogP contribution in [0.3, 0.4) is 0 Å². The third-order valence-corrected chi connectivity index (χ3v) is 5.05. The number of aromatic nitrogens is 2. The van der Waals surface area contributed by atoms with Crippen molar-refractivity contribution in [2.75, 3.05) is 32.8 Å². The van der Waals surface area contributed by atoms with E-state index in [1.54, 1.807) is 4.90 Å². The van der Waals surface area contributed by atoms with Crippen LogP contribution in [0.1, 0.15) is 35.5 Å². The van der Waals surface area contributed by atoms with Crippen LogP contribution in [-0.2, 0) is 19.4 Å². The summed E-state index contributed by atoms with van der Waals surface area (Å²) in [4.78, 5) is 27.7. The smallest absolute Gasteiger partial charge is 0.415 e. The Hall–Kier alpha value is -1.29. The third-order valence-electron chi connectivity index (χ3n) is 4.70. The number of nitrogens with zero attached hydrogens (tertiary/aromatic N) is 5. The minimum atomic E-state index is -4.81. The summed E-state index contributed by atoms with van der Waals surface area (Å²) < 4.78 is 45.7. The topological polar surface area (TPSA) is 156 Å². The van der Waals surface area contributed by atoms with E-state index in [0.717, 1.165) is 0 Å². The number of hydrogen-bond acceptors (Lipinski definition) is 9. The Morgan fingerprint density at radius 2 is 1.93 bits per heavy atom. The fraction of sp³-hybridized carbons (Fsp3) is 0.692. The van der Waals surface area contributed by atoms with Crippen molar-refractivity contribution >= 4 is 51.9 Å². The minimum Gasteiger partial charge on any atom is -0.415 e. The van der Waals surface area contributed by atoms with Gasteiger partial charge >= 0.3 is 28.2 Å². The number of ether oxygens (including phenoxy) is 1. The van der Waals surface area contributed by atoms with Gasteiger partial charge in [-0.3, -0.25) is 9.35 Å². The largest absolute Gasteiger partial charge is 0.418 e. The molecule has 1 aromatic rings. The fourth-order valence-corrected chi connectivity index (χ4v) is 3.83. The summed E-state index contributed by atoms with van der Waals surface area (Å²) >= 11 is 0. The van der Waals surface area contributed by atoms with Crippen LogP contribution in [0, 0.1) is 0 Å². The molecule has 2 bridgehead atoms. The van der Waals surface area contributed by atoms with E-state index in [-0.39, 0.29) is 47.9 Å². The molecule has 3 aliphatic rings. The number of carbonyl (C=O) groups is 2. The predicted octanol–water partition coefficient (Wildman–Crippen LogP) is -1.16. The minimum absolute atomic E-state index is 0. The second-order valence-electron chi connectivity index (χ2n) is 6.36. The second kappa shape index (κ2) is 8.22. The van der Waals surface area contributed by atoms with E-state index in [2.05, 4.69) is 14.5 Å². The van der Waals surface area contributed by atoms with E-state index in [1.807, 2.05) is 0 Å². The van der Waals surface area contributed by atoms with Crippen molar-refractivity contribution in [3.8, 4) is 0 Å². The maximum Gasteiger partial charge on any atom is 0.418 e. The molecule has 15 heteroatoms. The number of amides is 3. The molecule has 0 aliphatic carbocycles. The first-order chi connectivity index (χ1) is 12.8. The quantitative estimate of drug-likeness (QED) is 0.460. The van der Waals surface area contributed by atoms with Gasteiger partial charge in [0.1, 0.15) is 6.04 Å². The molecule has 2 atom stereocenters. The Balaban J connectivity index is 0.00000225. The SMILES string of the molecule is O=C(c1nnc([C@@H]2CC[C@@H]3CN2C(=O)N3OS(=O)(=O)O)o1)N1CCOCC1.[Na]. The maximum absolute atomic E-state index is 12.4. The molecular weight excluding hydrogens is 409 g/mol. The van der Waals surface area contributed by atoms with Crippen molar-refractivity contribution in [2.24, 2.45) is 0 Å². The zero-order valence-corrected chi connectivity index (χ0v) is 17.9. The summed E-state index contributed by atoms with van der Waals surface area (Å²) in [5.74, 6) is -0.492. The van der Waals surface area contributed by atoms with Crippen LogP contribution < -0.4 is 0 Å². The van der Waals surface area contributed by atoms with Crippen LogP contribution in [0.5, 0.6) is 0 Å². The predicted molar refractivity (Wildman–Crippen MR) is 89.1 cm³/mol. The van der Waals surface area contributed by atoms with Gasteiger partial charge in [0.25, 0.3) is 0 Å². The molecule has 3 amide bonds. The average Bonchev–Trinajstić information content (AvgIpc) is 3.22. The first-order valence-corrected chi connectivity index (χ1v) is 9.67. The molecule has 149 valence electrons. The maximum atomic E-state index is 12.4. The van der Waals surface area contributed by atoms with Crippen LogP contribution >= 0.6 is 0 Å². The van der Waals surface area contributed by atoms with Crippen LogP contribution in [0.4, 0.5) is 4.79 Å². The normalized spacial score (nSPS) is 25.0. The van der Waals surface area contributed by atoms with Gasteiger partial charge in [-0.15, -0.1) is 14.5 Å². The van der Waals surface area contributed by atoms with Gasteiger partial charge in [0.05, 0.1) is 19.3 Å². The standard InChI is InChI=1S/C13H17N5O8S.Na/c19-12(16-3-5-24-6-4-16)11-15-14-10(25-11)9-2-1-8-7-17(9)13(20)18(8)26-27(21,22)23;/h8-9H,1-7H2,(H,21,22,23);/t8-,9+;/m1./s1. The van der Waals surface area contributed by atoms with Crippen LogP contribution in [0.2, 0.25) is 0 Å². The van der Waals surface area contributed by atoms with Crippen LogP contribution in [0.25, 0.3) is 0 Å². The molecule has 3 aliphatic heterocycles. The molecule has 4 heterocycles. The van der Waals surface area contributed by atoms with E-state index in [1.165, 1.54) is 4.90 Å². The molecule has 0 spiro atoms. The molecule has 0 saturated carbocycles. The molecule has 3 fully saturated rings. The van der Waals surface area contributed by atoms with Gasteiger partial charge in [-0.1, -0.05) is 0 Å². The van der Waals surface area contributed by atoms with Crippen molar-refractivity contribution in [1.29, 1.82) is 0 Å². The Morgan fingerprint density at radius 1 is 1.21 bits per heavy atom. The number of urea groups is 1. The molecule has 1 aromatic heterocycles. The number of rotatable bonds is 4. The second-order valence-corrected chi connectivity index (χ2v) is 7.36. The van der Waals surface area contributed by atoms with Gasteiger partial charge < -0.3 is 19.0 Å². The van der Waals surface area contributed by atoms with Crippen molar-refractivity contribution in [2.45, 2.75) is 24.9 Å². The molecule has 3 saturated heterocycles. The van der Waals surface area contributed by atoms with Crippen LogP contribution in [-0.4, -0.2) is 118 Å². The van der Waals surface area contributed by atoms with E-state index in [0.29, 0.717) is 44.2 Å². The van der Waals surface area contributed by atoms with Gasteiger partial charge in [-0.05, 0) is 12.8 Å². The van der Waals surface area contributed by atoms with Gasteiger partial charge in [-0.25, -0.2) is 4.79 Å². The number of hydrogen-bond donors (Lipinski definition) is 1. The number of fused-ring (bicyclic) bond motifs is 2. The fourth-order valence-electron chi connectivity index (χ4n) is 3.45. The number of morpholine rings is 1. The molecule has 1 N–H and O–H groups in total. The number of piperidine rings is 1. The summed E-state index contributed by atoms with van der Waals surface area (Å²) in [5.41, 5.74) is 0. The molecule has 4 rings (SSSR count). The van der Waals surface area contributed by atoms with Crippen LogP contribution in [0.15, 0.2) is 4.42 Å². The Labute approximate surface area is 182 Å². The molecule has 1 radical (unpaired) electrons. The Kier molecular flexibility index (Phi) is 6.29. The summed E-state index contributed by atoms with van der Waals surface area (Å²) in [5, 5.41) is 8.31. The molecule has 0 aromatic carbocycles. The first-order valence-electron chi connectivity index (χ1n) is 8.31. The van der Waals surface area contributed by atoms with Crippen molar-refractivity contribution in [3.63, 3.8) is 0 Å². The molecule has 0 unspecified atom stereocenters. The van der Waals surface area contributed by atoms with E-state index in [4.69, 9.17) is 13.7 Å². The molecule has 13 nitrogen and oxygen atoms in total. The van der Waals surface area contributed by atoms with Gasteiger partial charge in [0, 0.05) is 49.2 Å². The number of hydroxylamine groups is 2. The van der Waals surface area contributed by atoms with Crippen molar-refractivity contribution < 1.29 is 36.0 Å². The Bertz CT molecular complexity index is 857. The third kappa shape index (κ3) is 4.17.